The quantitative estimate of drug-likeness (QED) is 0.921. The molecule has 0 saturated carbocycles. The number of benzene rings is 1. The predicted molar refractivity (Wildman–Crippen MR) is 69.5 cm³/mol. The van der Waals surface area contributed by atoms with Gasteiger partial charge >= 0.3 is 0 Å². The monoisotopic (exact) mass is 283 g/mol. The normalized spacial score (nSPS) is 13.7. The molecule has 0 unspecified atom stereocenters. The first-order valence-corrected chi connectivity index (χ1v) is 6.69. The molecule has 1 aromatic carbocycles. The molecule has 0 aliphatic carbocycles. The number of hydrogen-bond donors (Lipinski definition) is 1. The largest absolute Gasteiger partial charge is 0.486 e. The van der Waals surface area contributed by atoms with Crippen molar-refractivity contribution in [1.29, 1.82) is 0 Å². The van der Waals surface area contributed by atoms with Gasteiger partial charge in [-0.1, -0.05) is 11.6 Å². The number of nitrogens with zero attached hydrogens (tertiary/aromatic N) is 1. The predicted octanol–water partition coefficient (Wildman–Crippen LogP) is 2.73. The Kier molecular flexibility index (Phi) is 3.11. The van der Waals surface area contributed by atoms with Crippen molar-refractivity contribution in [1.82, 2.24) is 4.98 Å². The number of thiazole rings is 1. The third-order valence-corrected chi connectivity index (χ3v) is 3.82. The van der Waals surface area contributed by atoms with Crippen molar-refractivity contribution < 1.29 is 14.6 Å². The van der Waals surface area contributed by atoms with Crippen LogP contribution in [0, 0.1) is 0 Å². The summed E-state index contributed by atoms with van der Waals surface area (Å²) in [7, 11) is 0. The summed E-state index contributed by atoms with van der Waals surface area (Å²) in [4.78, 5) is 4.30. The first-order valence-electron chi connectivity index (χ1n) is 5.43. The molecule has 94 valence electrons. The number of hydrogen-bond acceptors (Lipinski definition) is 5. The van der Waals surface area contributed by atoms with E-state index in [1.54, 1.807) is 0 Å². The molecule has 4 nitrogen and oxygen atoms in total. The SMILES string of the molecule is OCc1nc(-c2ccc3c(c2Cl)OCCO3)cs1. The van der Waals surface area contributed by atoms with Crippen molar-refractivity contribution in [3.8, 4) is 22.8 Å². The number of rotatable bonds is 2. The zero-order valence-electron chi connectivity index (χ0n) is 9.35. The van der Waals surface area contributed by atoms with Crippen LogP contribution in [0.5, 0.6) is 11.5 Å². The van der Waals surface area contributed by atoms with Gasteiger partial charge in [0.1, 0.15) is 18.2 Å². The lowest BCUT2D eigenvalue weighted by atomic mass is 10.1. The first kappa shape index (κ1) is 11.8. The third-order valence-electron chi connectivity index (χ3n) is 2.61. The number of halogens is 1. The van der Waals surface area contributed by atoms with Crippen LogP contribution in [-0.4, -0.2) is 23.3 Å². The maximum atomic E-state index is 9.03. The molecule has 1 aliphatic heterocycles. The van der Waals surface area contributed by atoms with Gasteiger partial charge in [-0.05, 0) is 12.1 Å². The van der Waals surface area contributed by atoms with E-state index in [2.05, 4.69) is 4.98 Å². The number of fused-ring (bicyclic) bond motifs is 1. The molecular weight excluding hydrogens is 274 g/mol. The van der Waals surface area contributed by atoms with Crippen molar-refractivity contribution in [2.24, 2.45) is 0 Å². The van der Waals surface area contributed by atoms with Crippen molar-refractivity contribution in [2.45, 2.75) is 6.61 Å². The summed E-state index contributed by atoms with van der Waals surface area (Å²) in [6.45, 7) is 0.968. The highest BCUT2D eigenvalue weighted by Gasteiger charge is 2.19. The highest BCUT2D eigenvalue weighted by atomic mass is 35.5. The van der Waals surface area contributed by atoms with Gasteiger partial charge in [0, 0.05) is 10.9 Å². The Balaban J connectivity index is 2.07. The minimum absolute atomic E-state index is 0.0627. The minimum Gasteiger partial charge on any atom is -0.486 e. The molecule has 1 N–H and O–H groups in total. The fourth-order valence-corrected chi connectivity index (χ4v) is 2.75. The van der Waals surface area contributed by atoms with Crippen molar-refractivity contribution in [3.05, 3.63) is 27.5 Å². The fraction of sp³-hybridized carbons (Fsp3) is 0.250. The molecule has 0 atom stereocenters. The van der Waals surface area contributed by atoms with Crippen LogP contribution in [0.1, 0.15) is 5.01 Å². The number of aliphatic hydroxyl groups excluding tert-OH is 1. The molecule has 0 bridgehead atoms. The highest BCUT2D eigenvalue weighted by molar-refractivity contribution is 7.09. The molecule has 0 spiro atoms. The van der Waals surface area contributed by atoms with E-state index in [1.165, 1.54) is 11.3 Å². The van der Waals surface area contributed by atoms with Gasteiger partial charge in [0.05, 0.1) is 17.3 Å². The summed E-state index contributed by atoms with van der Waals surface area (Å²) < 4.78 is 11.0. The summed E-state index contributed by atoms with van der Waals surface area (Å²) in [6.07, 6.45) is 0. The van der Waals surface area contributed by atoms with Gasteiger partial charge in [-0.2, -0.15) is 0 Å². The second-order valence-electron chi connectivity index (χ2n) is 3.74. The fourth-order valence-electron chi connectivity index (χ4n) is 1.79. The van der Waals surface area contributed by atoms with Gasteiger partial charge in [-0.15, -0.1) is 11.3 Å². The van der Waals surface area contributed by atoms with Crippen LogP contribution in [0.25, 0.3) is 11.3 Å². The van der Waals surface area contributed by atoms with E-state index in [9.17, 15) is 0 Å². The number of ether oxygens (including phenoxy) is 2. The average molecular weight is 284 g/mol. The molecule has 2 aromatic rings. The molecule has 1 aromatic heterocycles. The molecule has 6 heteroatoms. The Morgan fingerprint density at radius 3 is 2.94 bits per heavy atom. The average Bonchev–Trinajstić information content (AvgIpc) is 2.88. The van der Waals surface area contributed by atoms with Crippen LogP contribution in [0.15, 0.2) is 17.5 Å². The third kappa shape index (κ3) is 1.94. The first-order chi connectivity index (χ1) is 8.79. The lowest BCUT2D eigenvalue weighted by Gasteiger charge is -2.20. The van der Waals surface area contributed by atoms with E-state index in [-0.39, 0.29) is 6.61 Å². The molecule has 2 heterocycles. The second-order valence-corrected chi connectivity index (χ2v) is 5.06. The molecule has 0 fully saturated rings. The summed E-state index contributed by atoms with van der Waals surface area (Å²) in [5, 5.41) is 12.1. The Bertz CT molecular complexity index is 585. The summed E-state index contributed by atoms with van der Waals surface area (Å²) >= 11 is 7.71. The van der Waals surface area contributed by atoms with Crippen LogP contribution in [0.4, 0.5) is 0 Å². The molecule has 0 saturated heterocycles. The molecular formula is C12H10ClNO3S. The number of aliphatic hydroxyl groups is 1. The summed E-state index contributed by atoms with van der Waals surface area (Å²) in [5.74, 6) is 1.23. The zero-order chi connectivity index (χ0) is 12.5. The van der Waals surface area contributed by atoms with E-state index in [4.69, 9.17) is 26.2 Å². The smallest absolute Gasteiger partial charge is 0.180 e. The summed E-state index contributed by atoms with van der Waals surface area (Å²) in [6, 6.07) is 3.68. The lowest BCUT2D eigenvalue weighted by Crippen LogP contribution is -2.15. The minimum atomic E-state index is -0.0627. The van der Waals surface area contributed by atoms with E-state index in [0.717, 1.165) is 11.3 Å². The van der Waals surface area contributed by atoms with Crippen LogP contribution in [0.3, 0.4) is 0 Å². The molecule has 18 heavy (non-hydrogen) atoms. The lowest BCUT2D eigenvalue weighted by molar-refractivity contribution is 0.172. The standard InChI is InChI=1S/C12H10ClNO3S/c13-11-7(8-6-18-10(5-15)14-8)1-2-9-12(11)17-4-3-16-9/h1-2,6,15H,3-5H2. The van der Waals surface area contributed by atoms with Gasteiger partial charge < -0.3 is 14.6 Å². The van der Waals surface area contributed by atoms with E-state index in [1.807, 2.05) is 17.5 Å². The van der Waals surface area contributed by atoms with Gasteiger partial charge in [0.2, 0.25) is 0 Å². The van der Waals surface area contributed by atoms with Crippen LogP contribution in [-0.2, 0) is 6.61 Å². The highest BCUT2D eigenvalue weighted by Crippen LogP contribution is 2.43. The van der Waals surface area contributed by atoms with E-state index < -0.39 is 0 Å². The van der Waals surface area contributed by atoms with Crippen LogP contribution in [0.2, 0.25) is 5.02 Å². The Labute approximate surface area is 113 Å². The Morgan fingerprint density at radius 1 is 1.33 bits per heavy atom. The van der Waals surface area contributed by atoms with Gasteiger partial charge in [0.25, 0.3) is 0 Å². The maximum absolute atomic E-state index is 9.03. The van der Waals surface area contributed by atoms with Crippen molar-refractivity contribution in [3.63, 3.8) is 0 Å². The van der Waals surface area contributed by atoms with E-state index >= 15 is 0 Å². The Hall–Kier alpha value is -1.30. The van der Waals surface area contributed by atoms with Gasteiger partial charge in [0.15, 0.2) is 11.5 Å². The zero-order valence-corrected chi connectivity index (χ0v) is 10.9. The molecule has 0 amide bonds. The van der Waals surface area contributed by atoms with Crippen molar-refractivity contribution >= 4 is 22.9 Å². The van der Waals surface area contributed by atoms with Gasteiger partial charge in [-0.3, -0.25) is 0 Å². The maximum Gasteiger partial charge on any atom is 0.180 e. The van der Waals surface area contributed by atoms with Crippen LogP contribution >= 0.6 is 22.9 Å². The van der Waals surface area contributed by atoms with Gasteiger partial charge in [-0.25, -0.2) is 4.98 Å². The van der Waals surface area contributed by atoms with E-state index in [0.29, 0.717) is 34.7 Å². The molecule has 3 rings (SSSR count). The Morgan fingerprint density at radius 2 is 2.17 bits per heavy atom. The van der Waals surface area contributed by atoms with Crippen LogP contribution < -0.4 is 9.47 Å². The second kappa shape index (κ2) is 4.76. The molecule has 0 radical (unpaired) electrons. The van der Waals surface area contributed by atoms with Crippen molar-refractivity contribution in [2.75, 3.05) is 13.2 Å². The summed E-state index contributed by atoms with van der Waals surface area (Å²) in [5.41, 5.74) is 1.53. The molecule has 1 aliphatic rings. The number of aromatic nitrogens is 1. The topological polar surface area (TPSA) is 51.6 Å².